The summed E-state index contributed by atoms with van der Waals surface area (Å²) in [7, 11) is 0. The number of amides is 2. The van der Waals surface area contributed by atoms with E-state index in [1.165, 1.54) is 0 Å². The van der Waals surface area contributed by atoms with Gasteiger partial charge in [0.25, 0.3) is 5.91 Å². The van der Waals surface area contributed by atoms with Crippen LogP contribution in [0.5, 0.6) is 0 Å². The van der Waals surface area contributed by atoms with Gasteiger partial charge in [-0.05, 0) is 49.9 Å². The van der Waals surface area contributed by atoms with Gasteiger partial charge in [0.05, 0.1) is 0 Å². The molecule has 0 saturated carbocycles. The van der Waals surface area contributed by atoms with Crippen molar-refractivity contribution in [2.75, 3.05) is 5.32 Å². The Balaban J connectivity index is 2.12. The predicted octanol–water partition coefficient (Wildman–Crippen LogP) is 4.09. The van der Waals surface area contributed by atoms with Crippen LogP contribution in [0, 0.1) is 19.8 Å². The summed E-state index contributed by atoms with van der Waals surface area (Å²) in [4.78, 5) is 25.2. The molecular weight excluding hydrogens is 312 g/mol. The van der Waals surface area contributed by atoms with Crippen LogP contribution in [0.15, 0.2) is 48.5 Å². The van der Waals surface area contributed by atoms with Crippen molar-refractivity contribution in [2.24, 2.45) is 5.92 Å². The maximum absolute atomic E-state index is 12.7. The highest BCUT2D eigenvalue weighted by Crippen LogP contribution is 2.13. The number of nitrogens with one attached hydrogen (secondary N) is 2. The number of hydrogen-bond acceptors (Lipinski definition) is 2. The lowest BCUT2D eigenvalue weighted by Crippen LogP contribution is -2.44. The van der Waals surface area contributed by atoms with E-state index in [2.05, 4.69) is 10.6 Å². The van der Waals surface area contributed by atoms with E-state index < -0.39 is 6.04 Å². The van der Waals surface area contributed by atoms with Crippen LogP contribution >= 0.6 is 0 Å². The van der Waals surface area contributed by atoms with E-state index >= 15 is 0 Å². The van der Waals surface area contributed by atoms with Crippen LogP contribution in [0.25, 0.3) is 0 Å². The van der Waals surface area contributed by atoms with E-state index in [0.717, 1.165) is 16.8 Å². The van der Waals surface area contributed by atoms with Crippen molar-refractivity contribution in [1.82, 2.24) is 5.32 Å². The summed E-state index contributed by atoms with van der Waals surface area (Å²) >= 11 is 0. The lowest BCUT2D eigenvalue weighted by atomic mass is 10.0. The molecule has 0 bridgehead atoms. The molecule has 2 aromatic rings. The normalized spacial score (nSPS) is 11.9. The van der Waals surface area contributed by atoms with Crippen molar-refractivity contribution >= 4 is 17.5 Å². The number of rotatable bonds is 6. The SMILES string of the molecule is Cc1ccc(NC(=O)C(CC(C)C)NC(=O)c2ccccc2C)cc1. The minimum atomic E-state index is -0.576. The van der Waals surface area contributed by atoms with Gasteiger partial charge >= 0.3 is 0 Å². The molecule has 2 amide bonds. The molecule has 2 rings (SSSR count). The Bertz CT molecular complexity index is 736. The van der Waals surface area contributed by atoms with E-state index in [4.69, 9.17) is 0 Å². The van der Waals surface area contributed by atoms with Gasteiger partial charge in [-0.15, -0.1) is 0 Å². The van der Waals surface area contributed by atoms with Crippen LogP contribution in [-0.4, -0.2) is 17.9 Å². The molecule has 0 aliphatic carbocycles. The van der Waals surface area contributed by atoms with Crippen molar-refractivity contribution in [3.63, 3.8) is 0 Å². The summed E-state index contributed by atoms with van der Waals surface area (Å²) in [6, 6.07) is 14.4. The summed E-state index contributed by atoms with van der Waals surface area (Å²) < 4.78 is 0. The largest absolute Gasteiger partial charge is 0.340 e. The van der Waals surface area contributed by atoms with Crippen LogP contribution in [0.2, 0.25) is 0 Å². The molecular formula is C21H26N2O2. The van der Waals surface area contributed by atoms with Crippen LogP contribution < -0.4 is 10.6 Å². The van der Waals surface area contributed by atoms with Crippen molar-refractivity contribution in [3.8, 4) is 0 Å². The molecule has 25 heavy (non-hydrogen) atoms. The Kier molecular flexibility index (Phi) is 6.34. The molecule has 2 aromatic carbocycles. The molecule has 0 heterocycles. The van der Waals surface area contributed by atoms with Gasteiger partial charge in [0, 0.05) is 11.3 Å². The Hall–Kier alpha value is -2.62. The van der Waals surface area contributed by atoms with Crippen LogP contribution in [0.3, 0.4) is 0 Å². The molecule has 4 heteroatoms. The number of carbonyl (C=O) groups excluding carboxylic acids is 2. The number of aryl methyl sites for hydroxylation is 2. The summed E-state index contributed by atoms with van der Waals surface area (Å²) in [5, 5.41) is 5.78. The molecule has 0 saturated heterocycles. The second kappa shape index (κ2) is 8.47. The zero-order valence-electron chi connectivity index (χ0n) is 15.3. The van der Waals surface area contributed by atoms with Crippen molar-refractivity contribution in [2.45, 2.75) is 40.2 Å². The van der Waals surface area contributed by atoms with E-state index in [9.17, 15) is 9.59 Å². The Labute approximate surface area is 149 Å². The van der Waals surface area contributed by atoms with Crippen molar-refractivity contribution in [3.05, 3.63) is 65.2 Å². The highest BCUT2D eigenvalue weighted by atomic mass is 16.2. The first-order valence-electron chi connectivity index (χ1n) is 8.61. The Morgan fingerprint density at radius 3 is 2.20 bits per heavy atom. The summed E-state index contributed by atoms with van der Waals surface area (Å²) in [6.45, 7) is 7.95. The van der Waals surface area contributed by atoms with Crippen molar-refractivity contribution in [1.29, 1.82) is 0 Å². The molecule has 0 aliphatic rings. The molecule has 2 N–H and O–H groups in total. The fraction of sp³-hybridized carbons (Fsp3) is 0.333. The minimum absolute atomic E-state index is 0.195. The highest BCUT2D eigenvalue weighted by Gasteiger charge is 2.23. The Morgan fingerprint density at radius 2 is 1.60 bits per heavy atom. The third kappa shape index (κ3) is 5.45. The van der Waals surface area contributed by atoms with Gasteiger partial charge in [-0.2, -0.15) is 0 Å². The van der Waals surface area contributed by atoms with E-state index in [1.807, 2.05) is 70.2 Å². The zero-order chi connectivity index (χ0) is 18.4. The third-order valence-corrected chi connectivity index (χ3v) is 4.04. The molecule has 4 nitrogen and oxygen atoms in total. The van der Waals surface area contributed by atoms with Crippen LogP contribution in [0.4, 0.5) is 5.69 Å². The first-order chi connectivity index (χ1) is 11.9. The highest BCUT2D eigenvalue weighted by molar-refractivity contribution is 6.01. The number of hydrogen-bond donors (Lipinski definition) is 2. The maximum Gasteiger partial charge on any atom is 0.252 e. The maximum atomic E-state index is 12.7. The molecule has 0 spiro atoms. The molecule has 0 aliphatic heterocycles. The lowest BCUT2D eigenvalue weighted by Gasteiger charge is -2.21. The first kappa shape index (κ1) is 18.7. The second-order valence-corrected chi connectivity index (χ2v) is 6.83. The van der Waals surface area contributed by atoms with Gasteiger partial charge in [0.1, 0.15) is 6.04 Å². The topological polar surface area (TPSA) is 58.2 Å². The molecule has 1 unspecified atom stereocenters. The van der Waals surface area contributed by atoms with Gasteiger partial charge in [0.2, 0.25) is 5.91 Å². The summed E-state index contributed by atoms with van der Waals surface area (Å²) in [6.07, 6.45) is 0.579. The monoisotopic (exact) mass is 338 g/mol. The van der Waals surface area contributed by atoms with Gasteiger partial charge in [-0.25, -0.2) is 0 Å². The minimum Gasteiger partial charge on any atom is -0.340 e. The first-order valence-corrected chi connectivity index (χ1v) is 8.61. The quantitative estimate of drug-likeness (QED) is 0.833. The average molecular weight is 338 g/mol. The molecule has 0 radical (unpaired) electrons. The summed E-state index contributed by atoms with van der Waals surface area (Å²) in [5.41, 5.74) is 3.35. The zero-order valence-corrected chi connectivity index (χ0v) is 15.3. The molecule has 132 valence electrons. The van der Waals surface area contributed by atoms with Gasteiger partial charge in [0.15, 0.2) is 0 Å². The van der Waals surface area contributed by atoms with Crippen LogP contribution in [-0.2, 0) is 4.79 Å². The van der Waals surface area contributed by atoms with E-state index in [1.54, 1.807) is 6.07 Å². The lowest BCUT2D eigenvalue weighted by molar-refractivity contribution is -0.118. The van der Waals surface area contributed by atoms with E-state index in [0.29, 0.717) is 12.0 Å². The fourth-order valence-corrected chi connectivity index (χ4v) is 2.63. The van der Waals surface area contributed by atoms with Gasteiger partial charge in [-0.1, -0.05) is 49.7 Å². The van der Waals surface area contributed by atoms with Gasteiger partial charge < -0.3 is 10.6 Å². The number of benzene rings is 2. The standard InChI is InChI=1S/C21H26N2O2/c1-14(2)13-19(21(25)22-17-11-9-15(3)10-12-17)23-20(24)18-8-6-5-7-16(18)4/h5-12,14,19H,13H2,1-4H3,(H,22,25)(H,23,24). The molecule has 0 fully saturated rings. The van der Waals surface area contributed by atoms with E-state index in [-0.39, 0.29) is 17.7 Å². The van der Waals surface area contributed by atoms with Gasteiger partial charge in [-0.3, -0.25) is 9.59 Å². The smallest absolute Gasteiger partial charge is 0.252 e. The predicted molar refractivity (Wildman–Crippen MR) is 102 cm³/mol. The Morgan fingerprint density at radius 1 is 0.960 bits per heavy atom. The fourth-order valence-electron chi connectivity index (χ4n) is 2.63. The number of anilines is 1. The third-order valence-electron chi connectivity index (χ3n) is 4.04. The van der Waals surface area contributed by atoms with Crippen molar-refractivity contribution < 1.29 is 9.59 Å². The molecule has 0 aromatic heterocycles. The summed E-state index contributed by atoms with van der Waals surface area (Å²) in [5.74, 6) is -0.131. The van der Waals surface area contributed by atoms with Crippen LogP contribution in [0.1, 0.15) is 41.8 Å². The number of carbonyl (C=O) groups is 2. The second-order valence-electron chi connectivity index (χ2n) is 6.83. The molecule has 1 atom stereocenters. The average Bonchev–Trinajstić information content (AvgIpc) is 2.56.